The summed E-state index contributed by atoms with van der Waals surface area (Å²) >= 11 is 0. The SMILES string of the molecule is C=C(C)CNC1(CN)CCCC(C)C1. The monoisotopic (exact) mass is 196 g/mol. The highest BCUT2D eigenvalue weighted by Gasteiger charge is 2.32. The average molecular weight is 196 g/mol. The molecule has 1 aliphatic carbocycles. The fourth-order valence-electron chi connectivity index (χ4n) is 2.42. The van der Waals surface area contributed by atoms with Crippen LogP contribution in [0, 0.1) is 5.92 Å². The maximum absolute atomic E-state index is 5.89. The highest BCUT2D eigenvalue weighted by Crippen LogP contribution is 2.31. The van der Waals surface area contributed by atoms with Crippen molar-refractivity contribution in [3.63, 3.8) is 0 Å². The molecule has 2 nitrogen and oxygen atoms in total. The number of nitrogens with two attached hydrogens (primary N) is 1. The van der Waals surface area contributed by atoms with E-state index in [0.717, 1.165) is 19.0 Å². The summed E-state index contributed by atoms with van der Waals surface area (Å²) in [5.41, 5.74) is 7.28. The third-order valence-corrected chi connectivity index (χ3v) is 3.25. The van der Waals surface area contributed by atoms with Gasteiger partial charge >= 0.3 is 0 Å². The van der Waals surface area contributed by atoms with Crippen molar-refractivity contribution in [1.29, 1.82) is 0 Å². The first-order chi connectivity index (χ1) is 6.58. The third kappa shape index (κ3) is 3.10. The Balaban J connectivity index is 2.51. The highest BCUT2D eigenvalue weighted by molar-refractivity contribution is 4.99. The minimum atomic E-state index is 0.191. The van der Waals surface area contributed by atoms with Crippen LogP contribution in [0.15, 0.2) is 12.2 Å². The minimum absolute atomic E-state index is 0.191. The van der Waals surface area contributed by atoms with Gasteiger partial charge in [0.05, 0.1) is 0 Å². The zero-order chi connectivity index (χ0) is 10.6. The van der Waals surface area contributed by atoms with Crippen LogP contribution in [-0.2, 0) is 0 Å². The van der Waals surface area contributed by atoms with E-state index in [1.54, 1.807) is 0 Å². The van der Waals surface area contributed by atoms with Crippen molar-refractivity contribution in [1.82, 2.24) is 5.32 Å². The molecule has 0 bridgehead atoms. The molecule has 2 unspecified atom stereocenters. The smallest absolute Gasteiger partial charge is 0.0309 e. The summed E-state index contributed by atoms with van der Waals surface area (Å²) in [6.07, 6.45) is 5.11. The molecule has 0 heterocycles. The molecular weight excluding hydrogens is 172 g/mol. The summed E-state index contributed by atoms with van der Waals surface area (Å²) in [5.74, 6) is 0.810. The Morgan fingerprint density at radius 1 is 1.64 bits per heavy atom. The Morgan fingerprint density at radius 3 is 2.86 bits per heavy atom. The normalized spacial score (nSPS) is 32.9. The standard InChI is InChI=1S/C12H24N2/c1-10(2)8-14-12(9-13)6-4-5-11(3)7-12/h11,14H,1,4-9,13H2,2-3H3. The van der Waals surface area contributed by atoms with Gasteiger partial charge < -0.3 is 11.1 Å². The van der Waals surface area contributed by atoms with Crippen LogP contribution in [-0.4, -0.2) is 18.6 Å². The van der Waals surface area contributed by atoms with Crippen molar-refractivity contribution >= 4 is 0 Å². The molecule has 0 radical (unpaired) electrons. The van der Waals surface area contributed by atoms with Crippen LogP contribution < -0.4 is 11.1 Å². The number of rotatable bonds is 4. The molecule has 0 aromatic rings. The molecule has 1 aliphatic rings. The van der Waals surface area contributed by atoms with Gasteiger partial charge in [0.1, 0.15) is 0 Å². The van der Waals surface area contributed by atoms with Gasteiger partial charge in [0.25, 0.3) is 0 Å². The molecule has 1 rings (SSSR count). The second-order valence-corrected chi connectivity index (χ2v) is 5.00. The largest absolute Gasteiger partial charge is 0.329 e. The molecule has 0 amide bonds. The van der Waals surface area contributed by atoms with Gasteiger partial charge in [-0.15, -0.1) is 0 Å². The van der Waals surface area contributed by atoms with Gasteiger partial charge in [0.2, 0.25) is 0 Å². The Hall–Kier alpha value is -0.340. The van der Waals surface area contributed by atoms with E-state index >= 15 is 0 Å². The lowest BCUT2D eigenvalue weighted by Gasteiger charge is -2.40. The fraction of sp³-hybridized carbons (Fsp3) is 0.833. The van der Waals surface area contributed by atoms with E-state index < -0.39 is 0 Å². The van der Waals surface area contributed by atoms with Crippen molar-refractivity contribution in [3.05, 3.63) is 12.2 Å². The van der Waals surface area contributed by atoms with E-state index in [9.17, 15) is 0 Å². The Labute approximate surface area is 87.9 Å². The van der Waals surface area contributed by atoms with Crippen LogP contribution >= 0.6 is 0 Å². The van der Waals surface area contributed by atoms with Gasteiger partial charge in [-0.05, 0) is 25.7 Å². The molecule has 14 heavy (non-hydrogen) atoms. The second-order valence-electron chi connectivity index (χ2n) is 5.00. The van der Waals surface area contributed by atoms with Crippen LogP contribution in [0.2, 0.25) is 0 Å². The van der Waals surface area contributed by atoms with Crippen molar-refractivity contribution < 1.29 is 0 Å². The molecule has 1 saturated carbocycles. The first kappa shape index (κ1) is 11.7. The zero-order valence-electron chi connectivity index (χ0n) is 9.60. The predicted molar refractivity (Wildman–Crippen MR) is 62.2 cm³/mol. The molecule has 0 saturated heterocycles. The molecule has 0 aromatic carbocycles. The molecule has 0 spiro atoms. The highest BCUT2D eigenvalue weighted by atomic mass is 15.0. The first-order valence-electron chi connectivity index (χ1n) is 5.67. The van der Waals surface area contributed by atoms with Gasteiger partial charge in [0, 0.05) is 18.6 Å². The topological polar surface area (TPSA) is 38.0 Å². The minimum Gasteiger partial charge on any atom is -0.329 e. The van der Waals surface area contributed by atoms with Gasteiger partial charge in [-0.25, -0.2) is 0 Å². The summed E-state index contributed by atoms with van der Waals surface area (Å²) in [6.45, 7) is 9.97. The summed E-state index contributed by atoms with van der Waals surface area (Å²) in [4.78, 5) is 0. The van der Waals surface area contributed by atoms with E-state index in [2.05, 4.69) is 25.7 Å². The lowest BCUT2D eigenvalue weighted by molar-refractivity contribution is 0.198. The van der Waals surface area contributed by atoms with E-state index in [1.165, 1.54) is 31.3 Å². The molecular formula is C12H24N2. The maximum atomic E-state index is 5.89. The Morgan fingerprint density at radius 2 is 2.36 bits per heavy atom. The van der Waals surface area contributed by atoms with Crippen LogP contribution in [0.5, 0.6) is 0 Å². The number of nitrogens with one attached hydrogen (secondary N) is 1. The van der Waals surface area contributed by atoms with Gasteiger partial charge in [0.15, 0.2) is 0 Å². The zero-order valence-corrected chi connectivity index (χ0v) is 9.60. The van der Waals surface area contributed by atoms with E-state index in [4.69, 9.17) is 5.73 Å². The maximum Gasteiger partial charge on any atom is 0.0309 e. The molecule has 82 valence electrons. The molecule has 0 aliphatic heterocycles. The van der Waals surface area contributed by atoms with Crippen molar-refractivity contribution in [2.24, 2.45) is 11.7 Å². The molecule has 2 atom stereocenters. The third-order valence-electron chi connectivity index (χ3n) is 3.25. The average Bonchev–Trinajstić information content (AvgIpc) is 2.15. The van der Waals surface area contributed by atoms with Crippen molar-refractivity contribution in [3.8, 4) is 0 Å². The van der Waals surface area contributed by atoms with Crippen LogP contribution in [0.3, 0.4) is 0 Å². The summed E-state index contributed by atoms with van der Waals surface area (Å²) < 4.78 is 0. The molecule has 1 fully saturated rings. The fourth-order valence-corrected chi connectivity index (χ4v) is 2.42. The molecule has 0 aromatic heterocycles. The summed E-state index contributed by atoms with van der Waals surface area (Å²) in [6, 6.07) is 0. The van der Waals surface area contributed by atoms with Gasteiger partial charge in [-0.1, -0.05) is 31.9 Å². The molecule has 2 heteroatoms. The first-order valence-corrected chi connectivity index (χ1v) is 5.67. The Bertz CT molecular complexity index is 200. The van der Waals surface area contributed by atoms with E-state index in [-0.39, 0.29) is 5.54 Å². The lowest BCUT2D eigenvalue weighted by Crippen LogP contribution is -2.54. The van der Waals surface area contributed by atoms with Crippen LogP contribution in [0.25, 0.3) is 0 Å². The summed E-state index contributed by atoms with van der Waals surface area (Å²) in [5, 5.41) is 3.59. The van der Waals surface area contributed by atoms with E-state index in [0.29, 0.717) is 0 Å². The van der Waals surface area contributed by atoms with Crippen molar-refractivity contribution in [2.75, 3.05) is 13.1 Å². The van der Waals surface area contributed by atoms with Crippen LogP contribution in [0.4, 0.5) is 0 Å². The van der Waals surface area contributed by atoms with Gasteiger partial charge in [-0.3, -0.25) is 0 Å². The quantitative estimate of drug-likeness (QED) is 0.675. The second kappa shape index (κ2) is 4.94. The lowest BCUT2D eigenvalue weighted by atomic mass is 9.76. The van der Waals surface area contributed by atoms with E-state index in [1.807, 2.05) is 0 Å². The van der Waals surface area contributed by atoms with Crippen LogP contribution in [0.1, 0.15) is 39.5 Å². The molecule has 3 N–H and O–H groups in total. The number of hydrogen-bond donors (Lipinski definition) is 2. The van der Waals surface area contributed by atoms with Gasteiger partial charge in [-0.2, -0.15) is 0 Å². The summed E-state index contributed by atoms with van der Waals surface area (Å²) in [7, 11) is 0. The number of hydrogen-bond acceptors (Lipinski definition) is 2. The predicted octanol–water partition coefficient (Wildman–Crippen LogP) is 2.06. The van der Waals surface area contributed by atoms with Crippen molar-refractivity contribution in [2.45, 2.75) is 45.1 Å². The Kier molecular flexibility index (Phi) is 4.14.